The second kappa shape index (κ2) is 13.0. The summed E-state index contributed by atoms with van der Waals surface area (Å²) in [4.78, 5) is 0.692. The molecule has 0 saturated carbocycles. The topological polar surface area (TPSA) is 0 Å². The monoisotopic (exact) mass is 629 g/mol. The summed E-state index contributed by atoms with van der Waals surface area (Å²) in [7, 11) is 2.39. The lowest BCUT2D eigenvalue weighted by molar-refractivity contribution is 0.381. The minimum atomic E-state index is -2.16. The highest BCUT2D eigenvalue weighted by molar-refractivity contribution is 7.18. The first-order chi connectivity index (χ1) is 21.5. The van der Waals surface area contributed by atoms with Crippen molar-refractivity contribution in [2.45, 2.75) is 66.1 Å². The summed E-state index contributed by atoms with van der Waals surface area (Å²) in [5, 5.41) is -0.235. The van der Waals surface area contributed by atoms with Crippen molar-refractivity contribution in [2.75, 3.05) is 0 Å². The minimum Gasteiger partial charge on any atom is -0.203 e. The summed E-state index contributed by atoms with van der Waals surface area (Å²) < 4.78 is 71.0. The van der Waals surface area contributed by atoms with Crippen molar-refractivity contribution in [3.05, 3.63) is 124 Å². The molecule has 1 heterocycles. The maximum absolute atomic E-state index is 14.7. The van der Waals surface area contributed by atoms with E-state index in [9.17, 15) is 22.0 Å². The molecule has 0 aliphatic carbocycles. The van der Waals surface area contributed by atoms with Gasteiger partial charge < -0.3 is 0 Å². The van der Waals surface area contributed by atoms with Gasteiger partial charge in [-0.05, 0) is 89.6 Å². The van der Waals surface area contributed by atoms with Crippen LogP contribution in [0.25, 0.3) is 32.0 Å². The van der Waals surface area contributed by atoms with E-state index in [2.05, 4.69) is 71.4 Å². The van der Waals surface area contributed by atoms with E-state index in [1.807, 2.05) is 32.0 Å². The fourth-order valence-corrected chi connectivity index (χ4v) is 7.95. The molecule has 0 nitrogen and oxygen atoms in total. The molecule has 0 bridgehead atoms. The quantitative estimate of drug-likeness (QED) is 0.0659. The Bertz CT molecular complexity index is 1800. The fraction of sp³-hybridized carbons (Fsp3) is 0.263. The Hall–Kier alpha value is -3.71. The molecule has 1 radical (unpaired) electrons. The lowest BCUT2D eigenvalue weighted by atomic mass is 9.42. The van der Waals surface area contributed by atoms with E-state index in [0.717, 1.165) is 69.4 Å². The van der Waals surface area contributed by atoms with Crippen LogP contribution in [0.5, 0.6) is 0 Å². The second-order valence-corrected chi connectivity index (χ2v) is 12.8. The summed E-state index contributed by atoms with van der Waals surface area (Å²) >= 11 is 1.02. The molecule has 1 unspecified atom stereocenters. The van der Waals surface area contributed by atoms with Crippen molar-refractivity contribution >= 4 is 24.1 Å². The van der Waals surface area contributed by atoms with E-state index in [1.165, 1.54) is 17.2 Å². The van der Waals surface area contributed by atoms with Crippen LogP contribution in [0.2, 0.25) is 0 Å². The predicted molar refractivity (Wildman–Crippen MR) is 178 cm³/mol. The number of thiophene rings is 1. The lowest BCUT2D eigenvalue weighted by Gasteiger charge is -2.38. The Kier molecular flexibility index (Phi) is 9.41. The Morgan fingerprint density at radius 1 is 0.578 bits per heavy atom. The highest BCUT2D eigenvalue weighted by atomic mass is 32.1. The van der Waals surface area contributed by atoms with Crippen molar-refractivity contribution in [3.63, 3.8) is 0 Å². The van der Waals surface area contributed by atoms with Crippen LogP contribution in [0, 0.1) is 56.8 Å². The molecule has 0 saturated heterocycles. The van der Waals surface area contributed by atoms with E-state index in [0.29, 0.717) is 4.88 Å². The van der Waals surface area contributed by atoms with Crippen LogP contribution in [0.1, 0.15) is 60.9 Å². The first-order valence-electron chi connectivity index (χ1n) is 15.2. The third kappa shape index (κ3) is 5.76. The number of halogens is 5. The van der Waals surface area contributed by atoms with E-state index in [-0.39, 0.29) is 10.2 Å². The van der Waals surface area contributed by atoms with Gasteiger partial charge in [0.05, 0.1) is 5.56 Å². The maximum atomic E-state index is 14.7. The number of rotatable bonds is 9. The van der Waals surface area contributed by atoms with Gasteiger partial charge in [-0.3, -0.25) is 0 Å². The molecule has 1 aromatic heterocycles. The molecule has 7 heteroatoms. The summed E-state index contributed by atoms with van der Waals surface area (Å²) in [6.45, 7) is 12.7. The van der Waals surface area contributed by atoms with Gasteiger partial charge in [-0.2, -0.15) is 0 Å². The van der Waals surface area contributed by atoms with Gasteiger partial charge in [0.15, 0.2) is 30.5 Å². The molecule has 45 heavy (non-hydrogen) atoms. The molecule has 5 aromatic rings. The van der Waals surface area contributed by atoms with Gasteiger partial charge in [-0.1, -0.05) is 93.2 Å². The van der Waals surface area contributed by atoms with Crippen molar-refractivity contribution in [1.29, 1.82) is 0 Å². The molecule has 0 fully saturated rings. The summed E-state index contributed by atoms with van der Waals surface area (Å²) in [6.07, 6.45) is 2.83. The molecule has 231 valence electrons. The van der Waals surface area contributed by atoms with Crippen molar-refractivity contribution < 1.29 is 22.0 Å². The zero-order valence-electron chi connectivity index (χ0n) is 26.3. The van der Waals surface area contributed by atoms with Crippen LogP contribution in [0.4, 0.5) is 22.0 Å². The number of hydrogen-bond donors (Lipinski definition) is 0. The van der Waals surface area contributed by atoms with Crippen molar-refractivity contribution in [3.8, 4) is 32.0 Å². The molecule has 0 aliphatic heterocycles. The molecule has 0 spiro atoms. The first kappa shape index (κ1) is 32.7. The SMILES string of the molecule is CCCC([B]c1ccc(-c2ccccc2)cc1)(CC)c1c(C)c(C)c(-c2ccc(-c3c(F)c(F)c(F)c(F)c3F)s2)c(C)c1C. The average molecular weight is 630 g/mol. The normalized spacial score (nSPS) is 12.8. The van der Waals surface area contributed by atoms with Crippen LogP contribution in [-0.4, -0.2) is 7.28 Å². The largest absolute Gasteiger partial charge is 0.203 e. The van der Waals surface area contributed by atoms with Gasteiger partial charge >= 0.3 is 0 Å². The third-order valence-corrected chi connectivity index (χ3v) is 10.3. The smallest absolute Gasteiger partial charge is 0.200 e. The average Bonchev–Trinajstić information content (AvgIpc) is 3.52. The third-order valence-electron chi connectivity index (χ3n) is 9.22. The minimum absolute atomic E-state index is 0.0165. The molecule has 0 amide bonds. The van der Waals surface area contributed by atoms with E-state index >= 15 is 0 Å². The molecular weight excluding hydrogens is 594 g/mol. The van der Waals surface area contributed by atoms with Gasteiger partial charge in [0.1, 0.15) is 0 Å². The molecule has 1 atom stereocenters. The van der Waals surface area contributed by atoms with Gasteiger partial charge in [-0.15, -0.1) is 11.3 Å². The van der Waals surface area contributed by atoms with Crippen LogP contribution in [0.3, 0.4) is 0 Å². The standard InChI is InChI=1S/C38H35BF5S/c1-7-20-38(8-2,39-27-16-14-26(15-17-27)25-12-10-9-11-13-25)32-23(5)21(3)30(22(4)24(32)6)28-18-19-29(45-28)31-33(40)35(42)37(44)36(43)34(31)41/h9-19H,7-8,20H2,1-6H3. The fourth-order valence-electron chi connectivity index (χ4n) is 6.75. The lowest BCUT2D eigenvalue weighted by Crippen LogP contribution is -2.41. The summed E-state index contributed by atoms with van der Waals surface area (Å²) in [5.41, 5.74) is 9.09. The molecule has 4 aromatic carbocycles. The highest BCUT2D eigenvalue weighted by Crippen LogP contribution is 2.46. The summed E-state index contributed by atoms with van der Waals surface area (Å²) in [5.74, 6) is -9.69. The zero-order valence-corrected chi connectivity index (χ0v) is 27.2. The molecular formula is C38H35BF5S. The number of hydrogen-bond acceptors (Lipinski definition) is 1. The first-order valence-corrected chi connectivity index (χ1v) is 16.0. The van der Waals surface area contributed by atoms with Gasteiger partial charge in [0.25, 0.3) is 0 Å². The second-order valence-electron chi connectivity index (χ2n) is 11.8. The van der Waals surface area contributed by atoms with E-state index in [4.69, 9.17) is 0 Å². The molecule has 0 aliphatic rings. The van der Waals surface area contributed by atoms with Gasteiger partial charge in [0, 0.05) is 9.75 Å². The van der Waals surface area contributed by atoms with E-state index < -0.39 is 34.6 Å². The highest BCUT2D eigenvalue weighted by Gasteiger charge is 2.36. The predicted octanol–water partition coefficient (Wildman–Crippen LogP) is 11.1. The Morgan fingerprint density at radius 3 is 1.58 bits per heavy atom. The van der Waals surface area contributed by atoms with Gasteiger partial charge in [-0.25, -0.2) is 22.0 Å². The molecule has 0 N–H and O–H groups in total. The van der Waals surface area contributed by atoms with Crippen LogP contribution < -0.4 is 5.46 Å². The summed E-state index contributed by atoms with van der Waals surface area (Å²) in [6, 6.07) is 22.1. The van der Waals surface area contributed by atoms with Crippen LogP contribution in [0.15, 0.2) is 66.7 Å². The number of benzene rings is 4. The Morgan fingerprint density at radius 2 is 1.07 bits per heavy atom. The maximum Gasteiger partial charge on any atom is 0.200 e. The Balaban J connectivity index is 1.58. The van der Waals surface area contributed by atoms with Crippen molar-refractivity contribution in [2.24, 2.45) is 0 Å². The van der Waals surface area contributed by atoms with Crippen LogP contribution in [-0.2, 0) is 5.31 Å². The Labute approximate surface area is 267 Å². The van der Waals surface area contributed by atoms with Crippen LogP contribution >= 0.6 is 11.3 Å². The zero-order chi connectivity index (χ0) is 32.6. The van der Waals surface area contributed by atoms with Gasteiger partial charge in [0.2, 0.25) is 5.82 Å². The van der Waals surface area contributed by atoms with Crippen molar-refractivity contribution in [1.82, 2.24) is 0 Å². The van der Waals surface area contributed by atoms with E-state index in [1.54, 1.807) is 6.07 Å². The molecule has 5 rings (SSSR count).